The number of amides is 3. The van der Waals surface area contributed by atoms with Gasteiger partial charge in [0.2, 0.25) is 5.91 Å². The summed E-state index contributed by atoms with van der Waals surface area (Å²) in [5, 5.41) is 3.10. The first-order chi connectivity index (χ1) is 15.7. The molecule has 0 radical (unpaired) electrons. The number of nitrogens with zero attached hydrogens (tertiary/aromatic N) is 2. The SMILES string of the molecule is COc1cccc2c1[C@H]1C[C@H]3[C@H](CCCN3C(=O)NCCc3ccccc3)C(=O)N1CC2. The topological polar surface area (TPSA) is 61.9 Å². The first-order valence-electron chi connectivity index (χ1n) is 11.7. The number of piperidine rings is 2. The molecule has 3 amide bonds. The summed E-state index contributed by atoms with van der Waals surface area (Å²) in [7, 11) is 1.69. The van der Waals surface area contributed by atoms with Crippen molar-refractivity contribution >= 4 is 11.9 Å². The number of hydrogen-bond acceptors (Lipinski definition) is 3. The molecule has 0 aromatic heterocycles. The highest BCUT2D eigenvalue weighted by molar-refractivity contribution is 5.84. The van der Waals surface area contributed by atoms with Crippen LogP contribution in [-0.4, -0.2) is 54.5 Å². The van der Waals surface area contributed by atoms with E-state index in [2.05, 4.69) is 23.5 Å². The lowest BCUT2D eigenvalue weighted by Crippen LogP contribution is -2.61. The molecule has 0 spiro atoms. The molecule has 168 valence electrons. The number of hydrogen-bond donors (Lipinski definition) is 1. The van der Waals surface area contributed by atoms with Gasteiger partial charge in [-0.15, -0.1) is 0 Å². The fraction of sp³-hybridized carbons (Fsp3) is 0.462. The standard InChI is InChI=1S/C26H31N3O3/c1-32-23-11-5-9-19-13-16-28-22(24(19)23)17-21-20(25(28)30)10-6-15-29(21)26(31)27-14-12-18-7-3-2-4-8-18/h2-5,7-9,11,20-22H,6,10,12-17H2,1H3,(H,27,31)/t20-,21-,22+/m0/s1. The number of likely N-dealkylation sites (tertiary alicyclic amines) is 1. The minimum Gasteiger partial charge on any atom is -0.496 e. The van der Waals surface area contributed by atoms with Crippen molar-refractivity contribution in [3.63, 3.8) is 0 Å². The van der Waals surface area contributed by atoms with Crippen LogP contribution in [0.2, 0.25) is 0 Å². The summed E-state index contributed by atoms with van der Waals surface area (Å²) in [6.45, 7) is 2.05. The van der Waals surface area contributed by atoms with Crippen molar-refractivity contribution in [2.75, 3.05) is 26.7 Å². The Balaban J connectivity index is 1.34. The highest BCUT2D eigenvalue weighted by atomic mass is 16.5. The van der Waals surface area contributed by atoms with Gasteiger partial charge < -0.3 is 19.9 Å². The van der Waals surface area contributed by atoms with Gasteiger partial charge in [-0.05, 0) is 49.3 Å². The van der Waals surface area contributed by atoms with E-state index in [0.29, 0.717) is 13.1 Å². The normalized spacial score (nSPS) is 24.3. The Kier molecular flexibility index (Phi) is 5.77. The van der Waals surface area contributed by atoms with E-state index in [-0.39, 0.29) is 29.9 Å². The zero-order valence-electron chi connectivity index (χ0n) is 18.6. The summed E-state index contributed by atoms with van der Waals surface area (Å²) in [4.78, 5) is 30.6. The lowest BCUT2D eigenvalue weighted by Gasteiger charge is -2.51. The van der Waals surface area contributed by atoms with Crippen LogP contribution in [0.4, 0.5) is 4.79 Å². The molecule has 6 heteroatoms. The lowest BCUT2D eigenvalue weighted by atomic mass is 9.76. The second-order valence-electron chi connectivity index (χ2n) is 9.04. The zero-order valence-corrected chi connectivity index (χ0v) is 18.6. The minimum atomic E-state index is -0.101. The van der Waals surface area contributed by atoms with Crippen molar-refractivity contribution in [1.82, 2.24) is 15.1 Å². The third kappa shape index (κ3) is 3.72. The van der Waals surface area contributed by atoms with Gasteiger partial charge in [-0.3, -0.25) is 4.79 Å². The number of benzene rings is 2. The monoisotopic (exact) mass is 433 g/mol. The molecule has 2 saturated heterocycles. The summed E-state index contributed by atoms with van der Waals surface area (Å²) in [6, 6.07) is 16.2. The molecule has 3 aliphatic heterocycles. The number of carbonyl (C=O) groups excluding carboxylic acids is 2. The molecule has 2 fully saturated rings. The molecule has 2 aromatic carbocycles. The van der Waals surface area contributed by atoms with Gasteiger partial charge in [0.1, 0.15) is 5.75 Å². The molecule has 3 atom stereocenters. The molecule has 3 aliphatic rings. The fourth-order valence-corrected chi connectivity index (χ4v) is 5.82. The summed E-state index contributed by atoms with van der Waals surface area (Å²) in [5.41, 5.74) is 3.59. The summed E-state index contributed by atoms with van der Waals surface area (Å²) in [5.74, 6) is 0.943. The average molecular weight is 434 g/mol. The Morgan fingerprint density at radius 2 is 1.97 bits per heavy atom. The minimum absolute atomic E-state index is 0.0265. The Labute approximate surface area is 189 Å². The molecular formula is C26H31N3O3. The van der Waals surface area contributed by atoms with E-state index in [1.54, 1.807) is 7.11 Å². The van der Waals surface area contributed by atoms with Crippen LogP contribution in [0.25, 0.3) is 0 Å². The van der Waals surface area contributed by atoms with Crippen molar-refractivity contribution in [2.45, 2.75) is 44.2 Å². The first-order valence-corrected chi connectivity index (χ1v) is 11.7. The van der Waals surface area contributed by atoms with E-state index in [1.807, 2.05) is 40.1 Å². The number of fused-ring (bicyclic) bond motifs is 4. The summed E-state index contributed by atoms with van der Waals surface area (Å²) < 4.78 is 5.67. The summed E-state index contributed by atoms with van der Waals surface area (Å²) in [6.07, 6.45) is 4.16. The van der Waals surface area contributed by atoms with Crippen LogP contribution < -0.4 is 10.1 Å². The number of carbonyl (C=O) groups is 2. The Hall–Kier alpha value is -3.02. The zero-order chi connectivity index (χ0) is 22.1. The Morgan fingerprint density at radius 3 is 2.78 bits per heavy atom. The molecule has 5 rings (SSSR count). The maximum atomic E-state index is 13.5. The Bertz CT molecular complexity index is 979. The van der Waals surface area contributed by atoms with Gasteiger partial charge in [0.25, 0.3) is 0 Å². The highest BCUT2D eigenvalue weighted by Gasteiger charge is 2.49. The quantitative estimate of drug-likeness (QED) is 0.802. The second kappa shape index (κ2) is 8.85. The van der Waals surface area contributed by atoms with Crippen LogP contribution in [0.15, 0.2) is 48.5 Å². The van der Waals surface area contributed by atoms with Crippen molar-refractivity contribution in [2.24, 2.45) is 5.92 Å². The third-order valence-corrected chi connectivity index (χ3v) is 7.35. The lowest BCUT2D eigenvalue weighted by molar-refractivity contribution is -0.148. The van der Waals surface area contributed by atoms with Gasteiger partial charge in [0, 0.05) is 31.2 Å². The summed E-state index contributed by atoms with van der Waals surface area (Å²) >= 11 is 0. The van der Waals surface area contributed by atoms with Crippen LogP contribution in [0.1, 0.15) is 42.0 Å². The van der Waals surface area contributed by atoms with E-state index >= 15 is 0 Å². The van der Waals surface area contributed by atoms with E-state index in [4.69, 9.17) is 4.74 Å². The third-order valence-electron chi connectivity index (χ3n) is 7.35. The van der Waals surface area contributed by atoms with Crippen LogP contribution >= 0.6 is 0 Å². The molecule has 0 bridgehead atoms. The van der Waals surface area contributed by atoms with Crippen LogP contribution in [0.5, 0.6) is 5.75 Å². The van der Waals surface area contributed by atoms with Crippen LogP contribution in [0.3, 0.4) is 0 Å². The van der Waals surface area contributed by atoms with Crippen LogP contribution in [0, 0.1) is 5.92 Å². The number of nitrogens with one attached hydrogen (secondary N) is 1. The van der Waals surface area contributed by atoms with E-state index in [0.717, 1.165) is 50.0 Å². The molecule has 1 N–H and O–H groups in total. The van der Waals surface area contributed by atoms with Gasteiger partial charge in [0.15, 0.2) is 0 Å². The van der Waals surface area contributed by atoms with E-state index in [1.165, 1.54) is 11.1 Å². The molecular weight excluding hydrogens is 402 g/mol. The largest absolute Gasteiger partial charge is 0.496 e. The second-order valence-corrected chi connectivity index (χ2v) is 9.04. The van der Waals surface area contributed by atoms with Crippen molar-refractivity contribution in [3.05, 3.63) is 65.2 Å². The molecule has 2 aromatic rings. The van der Waals surface area contributed by atoms with Crippen molar-refractivity contribution < 1.29 is 14.3 Å². The number of urea groups is 1. The first kappa shape index (κ1) is 20.9. The molecule has 0 saturated carbocycles. The van der Waals surface area contributed by atoms with E-state index < -0.39 is 0 Å². The Morgan fingerprint density at radius 1 is 1.12 bits per heavy atom. The van der Waals surface area contributed by atoms with Crippen LogP contribution in [-0.2, 0) is 17.6 Å². The number of methoxy groups -OCH3 is 1. The molecule has 0 aliphatic carbocycles. The van der Waals surface area contributed by atoms with Crippen molar-refractivity contribution in [1.29, 1.82) is 0 Å². The number of rotatable bonds is 4. The molecule has 0 unspecified atom stereocenters. The van der Waals surface area contributed by atoms with Crippen molar-refractivity contribution in [3.8, 4) is 5.75 Å². The van der Waals surface area contributed by atoms with Gasteiger partial charge in [-0.2, -0.15) is 0 Å². The molecule has 3 heterocycles. The van der Waals surface area contributed by atoms with Gasteiger partial charge >= 0.3 is 6.03 Å². The van der Waals surface area contributed by atoms with Gasteiger partial charge in [-0.1, -0.05) is 42.5 Å². The maximum Gasteiger partial charge on any atom is 0.317 e. The highest BCUT2D eigenvalue weighted by Crippen LogP contribution is 2.46. The predicted molar refractivity (Wildman–Crippen MR) is 123 cm³/mol. The fourth-order valence-electron chi connectivity index (χ4n) is 5.82. The smallest absolute Gasteiger partial charge is 0.317 e. The number of ether oxygens (including phenoxy) is 1. The average Bonchev–Trinajstić information content (AvgIpc) is 2.84. The molecule has 32 heavy (non-hydrogen) atoms. The predicted octanol–water partition coefficient (Wildman–Crippen LogP) is 3.56. The van der Waals surface area contributed by atoms with E-state index in [9.17, 15) is 9.59 Å². The maximum absolute atomic E-state index is 13.5. The van der Waals surface area contributed by atoms with Gasteiger partial charge in [0.05, 0.1) is 19.1 Å². The van der Waals surface area contributed by atoms with Gasteiger partial charge in [-0.25, -0.2) is 4.79 Å². The molecule has 6 nitrogen and oxygen atoms in total.